The summed E-state index contributed by atoms with van der Waals surface area (Å²) in [6, 6.07) is 17.0. The van der Waals surface area contributed by atoms with Crippen molar-refractivity contribution in [2.24, 2.45) is 0 Å². The topological polar surface area (TPSA) is 54.5 Å². The molecular weight excluding hydrogens is 376 g/mol. The average Bonchev–Trinajstić information content (AvgIpc) is 2.56. The van der Waals surface area contributed by atoms with E-state index in [1.807, 2.05) is 87.5 Å². The van der Waals surface area contributed by atoms with Crippen molar-refractivity contribution in [3.8, 4) is 0 Å². The second kappa shape index (κ2) is 8.43. The van der Waals surface area contributed by atoms with Gasteiger partial charge in [-0.1, -0.05) is 78.4 Å². The molecule has 0 aliphatic heterocycles. The third-order valence-corrected chi connectivity index (χ3v) is 3.80. The number of fused-ring (bicyclic) bond motifs is 1. The summed E-state index contributed by atoms with van der Waals surface area (Å²) in [5, 5.41) is 9.09. The molecule has 2 atom stereocenters. The van der Waals surface area contributed by atoms with Crippen molar-refractivity contribution in [2.45, 2.75) is 38.5 Å². The van der Waals surface area contributed by atoms with E-state index in [-0.39, 0.29) is 23.1 Å². The third-order valence-electron chi connectivity index (χ3n) is 3.80. The van der Waals surface area contributed by atoms with Gasteiger partial charge in [-0.2, -0.15) is 0 Å². The Balaban J connectivity index is 0.00000243. The van der Waals surface area contributed by atoms with Crippen LogP contribution in [0.3, 0.4) is 0 Å². The molecule has 0 unspecified atom stereocenters. The number of nitrogens with zero attached hydrogens (tertiary/aromatic N) is 2. The van der Waals surface area contributed by atoms with Crippen LogP contribution in [-0.2, 0) is 21.8 Å². The standard InChI is InChI=1S/C21H23N2O2.Cu/c1-21(2,3)25-20(24)23-19-17-12-8-7-9-15(17)13-14-18(19)22-16-10-5-4-6-11-16;/h4-14,18-19H,1-3H3,(H,23,24);/q-1;+1/p-1/t18-,19-;/m0./s1. The van der Waals surface area contributed by atoms with Crippen LogP contribution in [0, 0.1) is 0 Å². The summed E-state index contributed by atoms with van der Waals surface area (Å²) in [5.41, 5.74) is 2.33. The number of benzene rings is 2. The summed E-state index contributed by atoms with van der Waals surface area (Å²) in [4.78, 5) is 12.3. The molecule has 1 aliphatic rings. The van der Waals surface area contributed by atoms with Crippen LogP contribution < -0.4 is 0 Å². The van der Waals surface area contributed by atoms with Gasteiger partial charge in [-0.3, -0.25) is 4.79 Å². The zero-order chi connectivity index (χ0) is 17.9. The molecule has 0 aromatic heterocycles. The van der Waals surface area contributed by atoms with Gasteiger partial charge in [0.05, 0.1) is 0 Å². The SMILES string of the molecule is CC(C)(C)OC(=O)[N-][C@H]1c2ccccc2C=C[C@@H]1[N-]c1ccccc1.[Cu+]. The normalized spacial score (nSPS) is 18.3. The van der Waals surface area contributed by atoms with Crippen LogP contribution in [0.4, 0.5) is 10.5 Å². The maximum absolute atomic E-state index is 12.3. The van der Waals surface area contributed by atoms with Gasteiger partial charge in [-0.25, -0.2) is 0 Å². The molecule has 2 aromatic rings. The van der Waals surface area contributed by atoms with E-state index in [0.29, 0.717) is 0 Å². The molecule has 2 aromatic carbocycles. The van der Waals surface area contributed by atoms with Gasteiger partial charge in [-0.15, -0.1) is 11.7 Å². The van der Waals surface area contributed by atoms with Crippen molar-refractivity contribution in [2.75, 3.05) is 0 Å². The van der Waals surface area contributed by atoms with Crippen LogP contribution in [0.25, 0.3) is 16.7 Å². The molecule has 0 saturated carbocycles. The first-order valence-corrected chi connectivity index (χ1v) is 8.39. The summed E-state index contributed by atoms with van der Waals surface area (Å²) in [7, 11) is 0. The first-order chi connectivity index (χ1) is 11.9. The van der Waals surface area contributed by atoms with E-state index in [0.717, 1.165) is 16.8 Å². The predicted molar refractivity (Wildman–Crippen MR) is 101 cm³/mol. The van der Waals surface area contributed by atoms with Crippen molar-refractivity contribution in [1.29, 1.82) is 0 Å². The van der Waals surface area contributed by atoms with Gasteiger partial charge in [0, 0.05) is 0 Å². The van der Waals surface area contributed by atoms with Crippen LogP contribution in [0.15, 0.2) is 60.7 Å². The third kappa shape index (κ3) is 5.13. The average molecular weight is 398 g/mol. The van der Waals surface area contributed by atoms with E-state index < -0.39 is 17.7 Å². The summed E-state index contributed by atoms with van der Waals surface area (Å²) < 4.78 is 5.38. The summed E-state index contributed by atoms with van der Waals surface area (Å²) in [6.07, 6.45) is 3.47. The predicted octanol–water partition coefficient (Wildman–Crippen LogP) is 6.13. The Morgan fingerprint density at radius 2 is 1.65 bits per heavy atom. The van der Waals surface area contributed by atoms with Gasteiger partial charge in [0.25, 0.3) is 0 Å². The molecule has 4 nitrogen and oxygen atoms in total. The summed E-state index contributed by atoms with van der Waals surface area (Å²) in [6.45, 7) is 5.50. The Hall–Kier alpha value is -2.23. The van der Waals surface area contributed by atoms with Crippen LogP contribution in [0.2, 0.25) is 0 Å². The smallest absolute Gasteiger partial charge is 0.679 e. The molecule has 26 heavy (non-hydrogen) atoms. The Morgan fingerprint density at radius 3 is 2.35 bits per heavy atom. The van der Waals surface area contributed by atoms with Gasteiger partial charge in [0.15, 0.2) is 0 Å². The number of para-hydroxylation sites is 1. The van der Waals surface area contributed by atoms with Gasteiger partial charge in [-0.05, 0) is 26.3 Å². The fourth-order valence-electron chi connectivity index (χ4n) is 2.77. The zero-order valence-electron chi connectivity index (χ0n) is 15.0. The fourth-order valence-corrected chi connectivity index (χ4v) is 2.77. The molecule has 0 bridgehead atoms. The number of hydrogen-bond acceptors (Lipinski definition) is 2. The number of carbonyl (C=O) groups excluding carboxylic acids is 1. The molecule has 140 valence electrons. The second-order valence-corrected chi connectivity index (χ2v) is 7.00. The summed E-state index contributed by atoms with van der Waals surface area (Å²) in [5.74, 6) is 0. The van der Waals surface area contributed by atoms with Crippen LogP contribution in [0.5, 0.6) is 0 Å². The quantitative estimate of drug-likeness (QED) is 0.584. The van der Waals surface area contributed by atoms with Crippen LogP contribution in [-0.4, -0.2) is 17.7 Å². The Bertz CT molecular complexity index is 769. The summed E-state index contributed by atoms with van der Waals surface area (Å²) >= 11 is 0. The van der Waals surface area contributed by atoms with Gasteiger partial charge < -0.3 is 15.4 Å². The molecule has 0 radical (unpaired) electrons. The van der Waals surface area contributed by atoms with Gasteiger partial charge >= 0.3 is 17.1 Å². The molecule has 0 N–H and O–H groups in total. The van der Waals surface area contributed by atoms with Crippen LogP contribution >= 0.6 is 0 Å². The first kappa shape index (κ1) is 20.1. The molecule has 3 rings (SSSR count). The van der Waals surface area contributed by atoms with Crippen molar-refractivity contribution >= 4 is 17.9 Å². The van der Waals surface area contributed by atoms with Gasteiger partial charge in [0.2, 0.25) is 6.09 Å². The molecule has 1 aliphatic carbocycles. The molecular formula is C21H22CuN2O2-. The largest absolute Gasteiger partial charge is 1.00 e. The molecule has 0 fully saturated rings. The molecule has 5 heteroatoms. The van der Waals surface area contributed by atoms with E-state index in [1.54, 1.807) is 0 Å². The number of rotatable bonds is 3. The minimum atomic E-state index is -0.573. The number of hydrogen-bond donors (Lipinski definition) is 0. The van der Waals surface area contributed by atoms with E-state index in [9.17, 15) is 4.79 Å². The maximum Gasteiger partial charge on any atom is 1.00 e. The maximum atomic E-state index is 12.3. The van der Waals surface area contributed by atoms with Crippen LogP contribution in [0.1, 0.15) is 37.9 Å². The molecule has 0 heterocycles. The molecule has 1 amide bonds. The van der Waals surface area contributed by atoms with E-state index in [4.69, 9.17) is 10.1 Å². The van der Waals surface area contributed by atoms with E-state index in [1.165, 1.54) is 0 Å². The molecule has 0 saturated heterocycles. The second-order valence-electron chi connectivity index (χ2n) is 7.00. The van der Waals surface area contributed by atoms with Crippen molar-refractivity contribution in [3.63, 3.8) is 0 Å². The minimum Gasteiger partial charge on any atom is -0.679 e. The van der Waals surface area contributed by atoms with E-state index >= 15 is 0 Å². The van der Waals surface area contributed by atoms with E-state index in [2.05, 4.69) is 5.32 Å². The Labute approximate surface area is 165 Å². The Kier molecular flexibility index (Phi) is 6.52. The number of carbonyl (C=O) groups is 1. The Morgan fingerprint density at radius 1 is 1.00 bits per heavy atom. The fraction of sp³-hybridized carbons (Fsp3) is 0.286. The first-order valence-electron chi connectivity index (χ1n) is 8.39. The number of ether oxygens (including phenoxy) is 1. The van der Waals surface area contributed by atoms with Gasteiger partial charge in [0.1, 0.15) is 5.60 Å². The monoisotopic (exact) mass is 397 g/mol. The van der Waals surface area contributed by atoms with Crippen molar-refractivity contribution < 1.29 is 26.6 Å². The molecule has 0 spiro atoms. The minimum absolute atomic E-state index is 0. The van der Waals surface area contributed by atoms with Crippen molar-refractivity contribution in [1.82, 2.24) is 0 Å². The zero-order valence-corrected chi connectivity index (χ0v) is 16.0. The number of amides is 1. The van der Waals surface area contributed by atoms with Crippen molar-refractivity contribution in [3.05, 3.63) is 82.4 Å².